The van der Waals surface area contributed by atoms with Crippen LogP contribution in [0, 0.1) is 9.39 Å². The minimum absolute atomic E-state index is 0.235. The van der Waals surface area contributed by atoms with Crippen molar-refractivity contribution >= 4 is 28.5 Å². The molecule has 1 aliphatic heterocycles. The third kappa shape index (κ3) is 3.93. The highest BCUT2D eigenvalue weighted by atomic mass is 127. The topological polar surface area (TPSA) is 47.6 Å². The van der Waals surface area contributed by atoms with Crippen LogP contribution in [0.2, 0.25) is 0 Å². The molecule has 4 nitrogen and oxygen atoms in total. The molecule has 0 saturated heterocycles. The first-order valence-corrected chi connectivity index (χ1v) is 8.33. The van der Waals surface area contributed by atoms with E-state index in [0.29, 0.717) is 34.6 Å². The third-order valence-corrected chi connectivity index (χ3v) is 4.33. The van der Waals surface area contributed by atoms with Gasteiger partial charge in [-0.25, -0.2) is 4.39 Å². The van der Waals surface area contributed by atoms with Gasteiger partial charge in [-0.1, -0.05) is 6.07 Å². The molecule has 1 aliphatic rings. The van der Waals surface area contributed by atoms with E-state index >= 15 is 0 Å². The second-order valence-electron chi connectivity index (χ2n) is 5.14. The van der Waals surface area contributed by atoms with Gasteiger partial charge in [0.15, 0.2) is 11.5 Å². The molecule has 0 aromatic heterocycles. The van der Waals surface area contributed by atoms with Crippen molar-refractivity contribution < 1.29 is 18.7 Å². The highest BCUT2D eigenvalue weighted by molar-refractivity contribution is 14.1. The second kappa shape index (κ2) is 7.16. The van der Waals surface area contributed by atoms with Crippen LogP contribution in [0.3, 0.4) is 0 Å². The van der Waals surface area contributed by atoms with Crippen LogP contribution in [-0.4, -0.2) is 19.1 Å². The van der Waals surface area contributed by atoms with Gasteiger partial charge in [0.1, 0.15) is 5.82 Å². The number of ether oxygens (including phenoxy) is 2. The molecule has 0 atom stereocenters. The van der Waals surface area contributed by atoms with Gasteiger partial charge in [0, 0.05) is 16.5 Å². The number of benzene rings is 2. The Hall–Kier alpha value is -1.83. The normalized spacial score (nSPS) is 13.3. The van der Waals surface area contributed by atoms with Crippen LogP contribution in [0.5, 0.6) is 11.5 Å². The van der Waals surface area contributed by atoms with E-state index in [2.05, 4.69) is 5.32 Å². The fraction of sp³-hybridized carbons (Fsp3) is 0.235. The fourth-order valence-electron chi connectivity index (χ4n) is 2.27. The summed E-state index contributed by atoms with van der Waals surface area (Å²) < 4.78 is 24.9. The standard InChI is InChI=1S/C17H15FINO3/c18-12-3-4-13(14(19)9-12)17(21)20-10-11-2-5-15-16(8-11)23-7-1-6-22-15/h2-5,8-9H,1,6-7,10H2,(H,20,21). The van der Waals surface area contributed by atoms with Crippen LogP contribution in [0.4, 0.5) is 4.39 Å². The van der Waals surface area contributed by atoms with Crippen molar-refractivity contribution in [3.63, 3.8) is 0 Å². The van der Waals surface area contributed by atoms with Crippen LogP contribution in [0.25, 0.3) is 0 Å². The van der Waals surface area contributed by atoms with Gasteiger partial charge in [0.2, 0.25) is 0 Å². The maximum absolute atomic E-state index is 13.1. The molecule has 0 spiro atoms. The number of carbonyl (C=O) groups excluding carboxylic acids is 1. The van der Waals surface area contributed by atoms with Crippen LogP contribution >= 0.6 is 22.6 Å². The van der Waals surface area contributed by atoms with E-state index in [1.807, 2.05) is 40.8 Å². The molecule has 1 N–H and O–H groups in total. The maximum Gasteiger partial charge on any atom is 0.252 e. The van der Waals surface area contributed by atoms with Gasteiger partial charge in [-0.2, -0.15) is 0 Å². The van der Waals surface area contributed by atoms with Crippen molar-refractivity contribution in [2.24, 2.45) is 0 Å². The molecule has 6 heteroatoms. The van der Waals surface area contributed by atoms with Crippen molar-refractivity contribution in [3.05, 3.63) is 56.9 Å². The zero-order valence-corrected chi connectivity index (χ0v) is 14.4. The molecule has 2 aromatic carbocycles. The predicted octanol–water partition coefficient (Wildman–Crippen LogP) is 3.52. The highest BCUT2D eigenvalue weighted by Crippen LogP contribution is 2.30. The lowest BCUT2D eigenvalue weighted by molar-refractivity contribution is 0.0950. The number of carbonyl (C=O) groups is 1. The number of amides is 1. The van der Waals surface area contributed by atoms with E-state index in [1.54, 1.807) is 0 Å². The monoisotopic (exact) mass is 427 g/mol. The lowest BCUT2D eigenvalue weighted by Gasteiger charge is -2.11. The molecule has 0 aliphatic carbocycles. The van der Waals surface area contributed by atoms with Gasteiger partial charge < -0.3 is 14.8 Å². The van der Waals surface area contributed by atoms with Crippen LogP contribution in [-0.2, 0) is 6.54 Å². The lowest BCUT2D eigenvalue weighted by Crippen LogP contribution is -2.23. The van der Waals surface area contributed by atoms with Crippen molar-refractivity contribution in [1.29, 1.82) is 0 Å². The van der Waals surface area contributed by atoms with Crippen LogP contribution in [0.15, 0.2) is 36.4 Å². The quantitative estimate of drug-likeness (QED) is 0.763. The van der Waals surface area contributed by atoms with Crippen molar-refractivity contribution in [2.45, 2.75) is 13.0 Å². The van der Waals surface area contributed by atoms with E-state index in [0.717, 1.165) is 17.7 Å². The summed E-state index contributed by atoms with van der Waals surface area (Å²) in [4.78, 5) is 12.2. The molecule has 1 amide bonds. The average Bonchev–Trinajstić information content (AvgIpc) is 2.77. The van der Waals surface area contributed by atoms with Crippen molar-refractivity contribution in [1.82, 2.24) is 5.32 Å². The first-order valence-electron chi connectivity index (χ1n) is 7.25. The number of halogens is 2. The molecule has 120 valence electrons. The number of fused-ring (bicyclic) bond motifs is 1. The summed E-state index contributed by atoms with van der Waals surface area (Å²) in [6.45, 7) is 1.63. The van der Waals surface area contributed by atoms with Gasteiger partial charge in [-0.3, -0.25) is 4.79 Å². The summed E-state index contributed by atoms with van der Waals surface area (Å²) >= 11 is 1.95. The Kier molecular flexibility index (Phi) is 5.00. The Morgan fingerprint density at radius 2 is 1.91 bits per heavy atom. The maximum atomic E-state index is 13.1. The molecular formula is C17H15FINO3. The van der Waals surface area contributed by atoms with E-state index < -0.39 is 0 Å². The molecule has 2 aromatic rings. The summed E-state index contributed by atoms with van der Waals surface area (Å²) in [7, 11) is 0. The lowest BCUT2D eigenvalue weighted by atomic mass is 10.1. The Balaban J connectivity index is 1.68. The van der Waals surface area contributed by atoms with Crippen LogP contribution < -0.4 is 14.8 Å². The molecule has 1 heterocycles. The minimum atomic E-state index is -0.353. The highest BCUT2D eigenvalue weighted by Gasteiger charge is 2.13. The molecule has 0 bridgehead atoms. The van der Waals surface area contributed by atoms with Gasteiger partial charge in [-0.05, 0) is 58.5 Å². The molecule has 0 radical (unpaired) electrons. The molecule has 0 saturated carbocycles. The van der Waals surface area contributed by atoms with Gasteiger partial charge in [0.25, 0.3) is 5.91 Å². The van der Waals surface area contributed by atoms with Crippen molar-refractivity contribution in [3.8, 4) is 11.5 Å². The predicted molar refractivity (Wildman–Crippen MR) is 92.3 cm³/mol. The summed E-state index contributed by atoms with van der Waals surface area (Å²) in [5, 5.41) is 2.84. The van der Waals surface area contributed by atoms with E-state index in [9.17, 15) is 9.18 Å². The first-order chi connectivity index (χ1) is 11.1. The second-order valence-corrected chi connectivity index (χ2v) is 6.30. The summed E-state index contributed by atoms with van der Waals surface area (Å²) in [5.74, 6) is 0.839. The SMILES string of the molecule is O=C(NCc1ccc2c(c1)OCCCO2)c1ccc(F)cc1I. The van der Waals surface area contributed by atoms with E-state index in [4.69, 9.17) is 9.47 Å². The van der Waals surface area contributed by atoms with Crippen molar-refractivity contribution in [2.75, 3.05) is 13.2 Å². The van der Waals surface area contributed by atoms with Crippen LogP contribution in [0.1, 0.15) is 22.3 Å². The van der Waals surface area contributed by atoms with Gasteiger partial charge in [0.05, 0.1) is 18.8 Å². The summed E-state index contributed by atoms with van der Waals surface area (Å²) in [6.07, 6.45) is 0.851. The Labute approximate surface area is 147 Å². The molecule has 3 rings (SSSR count). The van der Waals surface area contributed by atoms with Gasteiger partial charge >= 0.3 is 0 Å². The van der Waals surface area contributed by atoms with Gasteiger partial charge in [-0.15, -0.1) is 0 Å². The fourth-order valence-corrected chi connectivity index (χ4v) is 2.99. The number of rotatable bonds is 3. The number of nitrogens with one attached hydrogen (secondary N) is 1. The zero-order chi connectivity index (χ0) is 16.2. The summed E-state index contributed by atoms with van der Waals surface area (Å²) in [6, 6.07) is 9.72. The smallest absolute Gasteiger partial charge is 0.252 e. The number of hydrogen-bond acceptors (Lipinski definition) is 3. The molecule has 0 unspecified atom stereocenters. The van der Waals surface area contributed by atoms with E-state index in [1.165, 1.54) is 18.2 Å². The Morgan fingerprint density at radius 3 is 2.70 bits per heavy atom. The zero-order valence-electron chi connectivity index (χ0n) is 12.3. The largest absolute Gasteiger partial charge is 0.490 e. The Morgan fingerprint density at radius 1 is 1.13 bits per heavy atom. The van der Waals surface area contributed by atoms with E-state index in [-0.39, 0.29) is 11.7 Å². The first kappa shape index (κ1) is 16.0. The Bertz CT molecular complexity index is 736. The summed E-state index contributed by atoms with van der Waals surface area (Å²) in [5.41, 5.74) is 1.38. The number of hydrogen-bond donors (Lipinski definition) is 1. The molecule has 23 heavy (non-hydrogen) atoms. The molecular weight excluding hydrogens is 412 g/mol. The third-order valence-electron chi connectivity index (χ3n) is 3.44. The minimum Gasteiger partial charge on any atom is -0.490 e. The average molecular weight is 427 g/mol. The molecule has 0 fully saturated rings.